The first-order chi connectivity index (χ1) is 10.3. The summed E-state index contributed by atoms with van der Waals surface area (Å²) < 4.78 is 3.72. The Hall–Kier alpha value is -2.63. The summed E-state index contributed by atoms with van der Waals surface area (Å²) in [6, 6.07) is 10.1. The maximum atomic E-state index is 11.9. The first kappa shape index (κ1) is 13.4. The third-order valence-corrected chi connectivity index (χ3v) is 3.35. The van der Waals surface area contributed by atoms with Gasteiger partial charge < -0.3 is 9.88 Å². The zero-order valence-electron chi connectivity index (χ0n) is 11.6. The van der Waals surface area contributed by atoms with Crippen molar-refractivity contribution in [3.63, 3.8) is 0 Å². The van der Waals surface area contributed by atoms with Gasteiger partial charge in [-0.1, -0.05) is 23.4 Å². The molecule has 0 bridgehead atoms. The molecule has 1 aromatic carbocycles. The number of nitrogens with zero attached hydrogens (tertiary/aromatic N) is 4. The summed E-state index contributed by atoms with van der Waals surface area (Å²) in [6.45, 7) is 1.74. The average Bonchev–Trinajstić information content (AvgIpc) is 3.14. The Morgan fingerprint density at radius 2 is 2.10 bits per heavy atom. The molecule has 3 rings (SSSR count). The number of fused-ring (bicyclic) bond motifs is 1. The van der Waals surface area contributed by atoms with E-state index >= 15 is 0 Å². The Labute approximate surface area is 122 Å². The quantitative estimate of drug-likeness (QED) is 0.696. The summed E-state index contributed by atoms with van der Waals surface area (Å²) >= 11 is 0. The molecule has 2 aromatic heterocycles. The van der Waals surface area contributed by atoms with Crippen LogP contribution in [0, 0.1) is 0 Å². The molecule has 6 heteroatoms. The monoisotopic (exact) mass is 283 g/mol. The van der Waals surface area contributed by atoms with E-state index in [9.17, 15) is 4.79 Å². The summed E-state index contributed by atoms with van der Waals surface area (Å²) in [5, 5.41) is 11.7. The number of hydrogen-bond donors (Lipinski definition) is 1. The van der Waals surface area contributed by atoms with Gasteiger partial charge in [-0.3, -0.25) is 9.48 Å². The second kappa shape index (κ2) is 6.21. The van der Waals surface area contributed by atoms with E-state index in [1.807, 2.05) is 47.3 Å². The van der Waals surface area contributed by atoms with Crippen molar-refractivity contribution in [2.45, 2.75) is 19.5 Å². The molecule has 1 amide bonds. The summed E-state index contributed by atoms with van der Waals surface area (Å²) in [7, 11) is 0. The number of nitrogens with one attached hydrogen (secondary N) is 1. The third kappa shape index (κ3) is 3.28. The molecule has 0 aliphatic carbocycles. The van der Waals surface area contributed by atoms with Crippen LogP contribution in [-0.4, -0.2) is 32.0 Å². The number of aromatic nitrogens is 4. The number of amides is 1. The van der Waals surface area contributed by atoms with Crippen LogP contribution in [0.3, 0.4) is 0 Å². The van der Waals surface area contributed by atoms with E-state index in [1.54, 1.807) is 10.9 Å². The van der Waals surface area contributed by atoms with E-state index in [2.05, 4.69) is 15.6 Å². The molecule has 1 N–H and O–H groups in total. The minimum Gasteiger partial charge on any atom is -0.354 e. The number of benzene rings is 1. The zero-order valence-corrected chi connectivity index (χ0v) is 11.6. The van der Waals surface area contributed by atoms with E-state index in [0.29, 0.717) is 13.1 Å². The van der Waals surface area contributed by atoms with Gasteiger partial charge in [-0.05, 0) is 23.9 Å². The van der Waals surface area contributed by atoms with Crippen LogP contribution in [0.25, 0.3) is 10.9 Å². The van der Waals surface area contributed by atoms with Crippen molar-refractivity contribution in [1.29, 1.82) is 0 Å². The molecule has 0 saturated heterocycles. The Kier molecular flexibility index (Phi) is 3.95. The van der Waals surface area contributed by atoms with Crippen molar-refractivity contribution < 1.29 is 4.79 Å². The lowest BCUT2D eigenvalue weighted by atomic mass is 10.2. The first-order valence-electron chi connectivity index (χ1n) is 6.97. The van der Waals surface area contributed by atoms with Crippen molar-refractivity contribution in [1.82, 2.24) is 24.9 Å². The predicted molar refractivity (Wildman–Crippen MR) is 79.6 cm³/mol. The van der Waals surface area contributed by atoms with Crippen LogP contribution in [0.2, 0.25) is 0 Å². The highest BCUT2D eigenvalue weighted by Gasteiger charge is 2.05. The van der Waals surface area contributed by atoms with Crippen LogP contribution in [-0.2, 0) is 17.9 Å². The van der Waals surface area contributed by atoms with Gasteiger partial charge in [0.05, 0.1) is 6.20 Å². The van der Waals surface area contributed by atoms with E-state index in [1.165, 1.54) is 0 Å². The summed E-state index contributed by atoms with van der Waals surface area (Å²) in [4.78, 5) is 11.9. The SMILES string of the molecule is O=C(Cn1ccc2ccccc21)NCCCn1ccnn1. The second-order valence-electron chi connectivity index (χ2n) is 4.87. The molecule has 0 radical (unpaired) electrons. The molecule has 3 aromatic rings. The molecule has 0 unspecified atom stereocenters. The summed E-state index contributed by atoms with van der Waals surface area (Å²) in [6.07, 6.45) is 6.24. The Bertz CT molecular complexity index is 717. The Balaban J connectivity index is 1.48. The molecular formula is C15H17N5O. The molecule has 0 aliphatic rings. The summed E-state index contributed by atoms with van der Waals surface area (Å²) in [5.41, 5.74) is 1.08. The number of para-hydroxylation sites is 1. The smallest absolute Gasteiger partial charge is 0.239 e. The minimum absolute atomic E-state index is 0.0231. The van der Waals surface area contributed by atoms with Gasteiger partial charge in [0.25, 0.3) is 0 Å². The fraction of sp³-hybridized carbons (Fsp3) is 0.267. The van der Waals surface area contributed by atoms with Gasteiger partial charge in [-0.25, -0.2) is 0 Å². The van der Waals surface area contributed by atoms with Crippen molar-refractivity contribution in [2.24, 2.45) is 0 Å². The lowest BCUT2D eigenvalue weighted by Crippen LogP contribution is -2.28. The van der Waals surface area contributed by atoms with Gasteiger partial charge in [-0.2, -0.15) is 0 Å². The number of rotatable bonds is 6. The number of carbonyl (C=O) groups excluding carboxylic acids is 1. The maximum absolute atomic E-state index is 11.9. The fourth-order valence-electron chi connectivity index (χ4n) is 2.31. The van der Waals surface area contributed by atoms with Crippen LogP contribution in [0.4, 0.5) is 0 Å². The zero-order chi connectivity index (χ0) is 14.5. The second-order valence-corrected chi connectivity index (χ2v) is 4.87. The lowest BCUT2D eigenvalue weighted by Gasteiger charge is -2.07. The van der Waals surface area contributed by atoms with E-state index in [0.717, 1.165) is 23.9 Å². The van der Waals surface area contributed by atoms with Gasteiger partial charge in [0.2, 0.25) is 5.91 Å². The number of hydrogen-bond acceptors (Lipinski definition) is 3. The fourth-order valence-corrected chi connectivity index (χ4v) is 2.31. The molecule has 0 spiro atoms. The number of carbonyl (C=O) groups is 1. The highest BCUT2D eigenvalue weighted by Crippen LogP contribution is 2.14. The van der Waals surface area contributed by atoms with Crippen LogP contribution >= 0.6 is 0 Å². The van der Waals surface area contributed by atoms with E-state index < -0.39 is 0 Å². The molecule has 0 fully saturated rings. The Morgan fingerprint density at radius 3 is 2.95 bits per heavy atom. The van der Waals surface area contributed by atoms with E-state index in [-0.39, 0.29) is 5.91 Å². The highest BCUT2D eigenvalue weighted by atomic mass is 16.1. The molecule has 6 nitrogen and oxygen atoms in total. The van der Waals surface area contributed by atoms with Gasteiger partial charge in [-0.15, -0.1) is 5.10 Å². The standard InChI is InChI=1S/C15H17N5O/c21-15(16-7-3-9-20-11-8-17-18-20)12-19-10-6-13-4-1-2-5-14(13)19/h1-2,4-6,8,10-11H,3,7,9,12H2,(H,16,21). The minimum atomic E-state index is 0.0231. The normalized spacial score (nSPS) is 10.9. The molecule has 108 valence electrons. The van der Waals surface area contributed by atoms with Crippen molar-refractivity contribution in [3.8, 4) is 0 Å². The van der Waals surface area contributed by atoms with Crippen molar-refractivity contribution >= 4 is 16.8 Å². The average molecular weight is 283 g/mol. The predicted octanol–water partition coefficient (Wildman–Crippen LogP) is 1.44. The van der Waals surface area contributed by atoms with Crippen LogP contribution in [0.5, 0.6) is 0 Å². The topological polar surface area (TPSA) is 64.7 Å². The van der Waals surface area contributed by atoms with Gasteiger partial charge >= 0.3 is 0 Å². The Morgan fingerprint density at radius 1 is 1.19 bits per heavy atom. The first-order valence-corrected chi connectivity index (χ1v) is 6.97. The molecule has 2 heterocycles. The van der Waals surface area contributed by atoms with Crippen LogP contribution in [0.1, 0.15) is 6.42 Å². The van der Waals surface area contributed by atoms with Crippen LogP contribution < -0.4 is 5.32 Å². The highest BCUT2D eigenvalue weighted by molar-refractivity contribution is 5.83. The van der Waals surface area contributed by atoms with Gasteiger partial charge in [0, 0.05) is 31.0 Å². The van der Waals surface area contributed by atoms with Crippen LogP contribution in [0.15, 0.2) is 48.9 Å². The third-order valence-electron chi connectivity index (χ3n) is 3.35. The van der Waals surface area contributed by atoms with Gasteiger partial charge in [0.1, 0.15) is 6.54 Å². The molecule has 21 heavy (non-hydrogen) atoms. The summed E-state index contributed by atoms with van der Waals surface area (Å²) in [5.74, 6) is 0.0231. The lowest BCUT2D eigenvalue weighted by molar-refractivity contribution is -0.121. The molecule has 0 saturated carbocycles. The molecular weight excluding hydrogens is 266 g/mol. The van der Waals surface area contributed by atoms with Crippen molar-refractivity contribution in [3.05, 3.63) is 48.9 Å². The van der Waals surface area contributed by atoms with Crippen molar-refractivity contribution in [2.75, 3.05) is 6.54 Å². The molecule has 0 aliphatic heterocycles. The number of aryl methyl sites for hydroxylation is 1. The van der Waals surface area contributed by atoms with E-state index in [4.69, 9.17) is 0 Å². The largest absolute Gasteiger partial charge is 0.354 e. The van der Waals surface area contributed by atoms with Gasteiger partial charge in [0.15, 0.2) is 0 Å². The molecule has 0 atom stereocenters. The maximum Gasteiger partial charge on any atom is 0.239 e.